The van der Waals surface area contributed by atoms with Gasteiger partial charge >= 0.3 is 0 Å². The monoisotopic (exact) mass is 225 g/mol. The minimum atomic E-state index is -0.312. The number of carbonyl (C=O) groups excluding carboxylic acids is 1. The van der Waals surface area contributed by atoms with Crippen molar-refractivity contribution in [1.29, 1.82) is 0 Å². The number of carbonyl (C=O) groups is 1. The Morgan fingerprint density at radius 3 is 2.80 bits per heavy atom. The molecule has 0 aromatic carbocycles. The Hall–Kier alpha value is -0.870. The summed E-state index contributed by atoms with van der Waals surface area (Å²) in [5.74, 6) is -0.0498. The molecule has 1 aromatic rings. The van der Waals surface area contributed by atoms with Crippen LogP contribution in [0.5, 0.6) is 0 Å². The van der Waals surface area contributed by atoms with Crippen molar-refractivity contribution in [1.82, 2.24) is 5.32 Å². The van der Waals surface area contributed by atoms with Crippen LogP contribution in [0.2, 0.25) is 0 Å². The summed E-state index contributed by atoms with van der Waals surface area (Å²) in [4.78, 5) is 13.7. The molecule has 15 heavy (non-hydrogen) atoms. The van der Waals surface area contributed by atoms with Crippen LogP contribution in [0.3, 0.4) is 0 Å². The topological polar surface area (TPSA) is 49.3 Å². The first-order chi connectivity index (χ1) is 7.19. The van der Waals surface area contributed by atoms with Gasteiger partial charge in [-0.1, -0.05) is 6.92 Å². The zero-order valence-electron chi connectivity index (χ0n) is 8.75. The Labute approximate surface area is 93.1 Å². The molecule has 2 N–H and O–H groups in total. The Morgan fingerprint density at radius 2 is 2.33 bits per heavy atom. The van der Waals surface area contributed by atoms with Gasteiger partial charge in [0.15, 0.2) is 0 Å². The first kappa shape index (κ1) is 10.6. The summed E-state index contributed by atoms with van der Waals surface area (Å²) >= 11 is 1.53. The predicted octanol–water partition coefficient (Wildman–Crippen LogP) is 1.57. The quantitative estimate of drug-likeness (QED) is 0.817. The Bertz CT molecular complexity index is 368. The van der Waals surface area contributed by atoms with Crippen LogP contribution >= 0.6 is 11.3 Å². The smallest absolute Gasteiger partial charge is 0.261 e. The fourth-order valence-corrected chi connectivity index (χ4v) is 2.31. The number of hydrogen-bond donors (Lipinski definition) is 2. The molecule has 1 aliphatic rings. The molecule has 0 spiro atoms. The standard InChI is InChI=1S/C11H15NO2S/c1-2-8-3-4-9(15-8)10(14)12-11(7-13)5-6-11/h3-4,13H,2,5-7H2,1H3,(H,12,14). The number of rotatable bonds is 4. The average Bonchev–Trinajstić information content (AvgIpc) is 2.85. The van der Waals surface area contributed by atoms with E-state index in [4.69, 9.17) is 5.11 Å². The van der Waals surface area contributed by atoms with Crippen molar-refractivity contribution in [2.45, 2.75) is 31.7 Å². The lowest BCUT2D eigenvalue weighted by molar-refractivity contribution is 0.0911. The Kier molecular flexibility index (Phi) is 2.80. The molecule has 1 aliphatic carbocycles. The van der Waals surface area contributed by atoms with Gasteiger partial charge < -0.3 is 10.4 Å². The highest BCUT2D eigenvalue weighted by atomic mass is 32.1. The van der Waals surface area contributed by atoms with Gasteiger partial charge in [-0.25, -0.2) is 0 Å². The molecule has 0 bridgehead atoms. The van der Waals surface area contributed by atoms with Crippen LogP contribution in [0, 0.1) is 0 Å². The van der Waals surface area contributed by atoms with Gasteiger partial charge in [0.2, 0.25) is 0 Å². The van der Waals surface area contributed by atoms with Crippen LogP contribution in [0.1, 0.15) is 34.3 Å². The van der Waals surface area contributed by atoms with E-state index in [0.29, 0.717) is 0 Å². The largest absolute Gasteiger partial charge is 0.394 e. The second kappa shape index (κ2) is 3.94. The lowest BCUT2D eigenvalue weighted by Gasteiger charge is -2.12. The second-order valence-corrected chi connectivity index (χ2v) is 5.18. The molecule has 1 heterocycles. The summed E-state index contributed by atoms with van der Waals surface area (Å²) in [6.45, 7) is 2.12. The van der Waals surface area contributed by atoms with Crippen LogP contribution in [-0.2, 0) is 6.42 Å². The lowest BCUT2D eigenvalue weighted by Crippen LogP contribution is -2.39. The number of nitrogens with one attached hydrogen (secondary N) is 1. The number of thiophene rings is 1. The highest BCUT2D eigenvalue weighted by molar-refractivity contribution is 7.14. The van der Waals surface area contributed by atoms with Crippen LogP contribution in [0.15, 0.2) is 12.1 Å². The third kappa shape index (κ3) is 2.21. The molecule has 0 radical (unpaired) electrons. The van der Waals surface area contributed by atoms with Gasteiger partial charge in [0.1, 0.15) is 0 Å². The maximum atomic E-state index is 11.8. The van der Waals surface area contributed by atoms with Crippen LogP contribution in [0.25, 0.3) is 0 Å². The summed E-state index contributed by atoms with van der Waals surface area (Å²) in [6, 6.07) is 3.84. The molecule has 0 atom stereocenters. The molecule has 4 heteroatoms. The van der Waals surface area contributed by atoms with Gasteiger partial charge in [-0.15, -0.1) is 11.3 Å². The summed E-state index contributed by atoms with van der Waals surface area (Å²) in [7, 11) is 0. The SMILES string of the molecule is CCc1ccc(C(=O)NC2(CO)CC2)s1. The van der Waals surface area contributed by atoms with Crippen molar-refractivity contribution in [3.05, 3.63) is 21.9 Å². The van der Waals surface area contributed by atoms with Crippen LogP contribution in [0.4, 0.5) is 0 Å². The van der Waals surface area contributed by atoms with Crippen LogP contribution < -0.4 is 5.32 Å². The maximum absolute atomic E-state index is 11.8. The number of aryl methyl sites for hydroxylation is 1. The Balaban J connectivity index is 2.01. The van der Waals surface area contributed by atoms with Crippen molar-refractivity contribution < 1.29 is 9.90 Å². The number of hydrogen-bond acceptors (Lipinski definition) is 3. The van der Waals surface area contributed by atoms with Gasteiger partial charge in [0.05, 0.1) is 17.0 Å². The molecule has 1 fully saturated rings. The van der Waals surface area contributed by atoms with E-state index in [-0.39, 0.29) is 18.1 Å². The highest BCUT2D eigenvalue weighted by Crippen LogP contribution is 2.35. The van der Waals surface area contributed by atoms with E-state index in [2.05, 4.69) is 12.2 Å². The van der Waals surface area contributed by atoms with E-state index in [9.17, 15) is 4.79 Å². The molecule has 0 unspecified atom stereocenters. The lowest BCUT2D eigenvalue weighted by atomic mass is 10.3. The molecule has 2 rings (SSSR count). The third-order valence-corrected chi connectivity index (χ3v) is 4.00. The molecule has 1 saturated carbocycles. The number of amides is 1. The van der Waals surface area contributed by atoms with Crippen molar-refractivity contribution in [2.24, 2.45) is 0 Å². The minimum Gasteiger partial charge on any atom is -0.394 e. The van der Waals surface area contributed by atoms with E-state index in [1.54, 1.807) is 0 Å². The minimum absolute atomic E-state index is 0.0464. The third-order valence-electron chi connectivity index (χ3n) is 2.77. The van der Waals surface area contributed by atoms with Crippen molar-refractivity contribution in [2.75, 3.05) is 6.61 Å². The highest BCUT2D eigenvalue weighted by Gasteiger charge is 2.43. The molecule has 1 amide bonds. The van der Waals surface area contributed by atoms with Gasteiger partial charge in [0, 0.05) is 4.88 Å². The number of aliphatic hydroxyl groups excluding tert-OH is 1. The van der Waals surface area contributed by atoms with Crippen molar-refractivity contribution >= 4 is 17.2 Å². The Morgan fingerprint density at radius 1 is 1.60 bits per heavy atom. The zero-order valence-corrected chi connectivity index (χ0v) is 9.56. The molecule has 82 valence electrons. The van der Waals surface area contributed by atoms with E-state index >= 15 is 0 Å². The zero-order chi connectivity index (χ0) is 10.9. The average molecular weight is 225 g/mol. The normalized spacial score (nSPS) is 17.5. The molecule has 0 saturated heterocycles. The molecular formula is C11H15NO2S. The summed E-state index contributed by atoms with van der Waals surface area (Å²) in [6.07, 6.45) is 2.74. The maximum Gasteiger partial charge on any atom is 0.261 e. The summed E-state index contributed by atoms with van der Waals surface area (Å²) in [5.41, 5.74) is -0.312. The molecular weight excluding hydrogens is 210 g/mol. The summed E-state index contributed by atoms with van der Waals surface area (Å²) < 4.78 is 0. The van der Waals surface area contributed by atoms with Gasteiger partial charge in [-0.3, -0.25) is 4.79 Å². The van der Waals surface area contributed by atoms with E-state index in [1.165, 1.54) is 16.2 Å². The fraction of sp³-hybridized carbons (Fsp3) is 0.545. The molecule has 0 aliphatic heterocycles. The molecule has 1 aromatic heterocycles. The van der Waals surface area contributed by atoms with E-state index in [1.807, 2.05) is 12.1 Å². The van der Waals surface area contributed by atoms with E-state index < -0.39 is 0 Å². The van der Waals surface area contributed by atoms with Crippen molar-refractivity contribution in [3.63, 3.8) is 0 Å². The van der Waals surface area contributed by atoms with Gasteiger partial charge in [0.25, 0.3) is 5.91 Å². The molecule has 3 nitrogen and oxygen atoms in total. The summed E-state index contributed by atoms with van der Waals surface area (Å²) in [5, 5.41) is 12.0. The van der Waals surface area contributed by atoms with Crippen LogP contribution in [-0.4, -0.2) is 23.2 Å². The van der Waals surface area contributed by atoms with Gasteiger partial charge in [-0.2, -0.15) is 0 Å². The first-order valence-electron chi connectivity index (χ1n) is 5.21. The second-order valence-electron chi connectivity index (χ2n) is 4.01. The first-order valence-corrected chi connectivity index (χ1v) is 6.03. The van der Waals surface area contributed by atoms with Gasteiger partial charge in [-0.05, 0) is 31.4 Å². The van der Waals surface area contributed by atoms with Crippen molar-refractivity contribution in [3.8, 4) is 0 Å². The number of aliphatic hydroxyl groups is 1. The predicted molar refractivity (Wildman–Crippen MR) is 60.2 cm³/mol. The van der Waals surface area contributed by atoms with E-state index in [0.717, 1.165) is 24.1 Å². The fourth-order valence-electron chi connectivity index (χ4n) is 1.47.